The molecular formula is C10H17N3O2. The van der Waals surface area contributed by atoms with Crippen molar-refractivity contribution in [3.63, 3.8) is 0 Å². The molecule has 0 aliphatic rings. The predicted octanol–water partition coefficient (Wildman–Crippen LogP) is 0.522. The summed E-state index contributed by atoms with van der Waals surface area (Å²) in [6, 6.07) is 1.72. The van der Waals surface area contributed by atoms with Gasteiger partial charge in [-0.15, -0.1) is 0 Å². The van der Waals surface area contributed by atoms with Gasteiger partial charge in [0, 0.05) is 12.6 Å². The van der Waals surface area contributed by atoms with Gasteiger partial charge in [0.2, 0.25) is 5.91 Å². The van der Waals surface area contributed by atoms with E-state index in [0.717, 1.165) is 0 Å². The number of hydrogen-bond acceptors (Lipinski definition) is 4. The largest absolute Gasteiger partial charge is 0.360 e. The summed E-state index contributed by atoms with van der Waals surface area (Å²) in [7, 11) is 0. The van der Waals surface area contributed by atoms with E-state index >= 15 is 0 Å². The summed E-state index contributed by atoms with van der Waals surface area (Å²) in [5.41, 5.74) is 5.53. The maximum atomic E-state index is 11.7. The van der Waals surface area contributed by atoms with E-state index < -0.39 is 0 Å². The summed E-state index contributed by atoms with van der Waals surface area (Å²) in [6.45, 7) is 4.68. The molecule has 0 aliphatic heterocycles. The Morgan fingerprint density at radius 2 is 2.40 bits per heavy atom. The number of hydrogen-bond donors (Lipinski definition) is 2. The zero-order valence-corrected chi connectivity index (χ0v) is 9.06. The van der Waals surface area contributed by atoms with E-state index in [2.05, 4.69) is 10.5 Å². The van der Waals surface area contributed by atoms with Gasteiger partial charge in [-0.05, 0) is 5.92 Å². The third-order valence-electron chi connectivity index (χ3n) is 2.32. The lowest BCUT2D eigenvalue weighted by Crippen LogP contribution is -2.37. The second-order valence-electron chi connectivity index (χ2n) is 3.78. The minimum absolute atomic E-state index is 0.0381. The van der Waals surface area contributed by atoms with Crippen LogP contribution in [0.1, 0.15) is 19.6 Å². The van der Waals surface area contributed by atoms with Crippen molar-refractivity contribution in [3.05, 3.63) is 18.0 Å². The molecule has 5 heteroatoms. The van der Waals surface area contributed by atoms with Gasteiger partial charge < -0.3 is 15.6 Å². The van der Waals surface area contributed by atoms with E-state index in [9.17, 15) is 4.79 Å². The van der Waals surface area contributed by atoms with Gasteiger partial charge in [-0.3, -0.25) is 4.79 Å². The highest BCUT2D eigenvalue weighted by atomic mass is 16.5. The molecule has 0 aromatic carbocycles. The van der Waals surface area contributed by atoms with Crippen LogP contribution in [0.25, 0.3) is 0 Å². The van der Waals surface area contributed by atoms with E-state index in [1.54, 1.807) is 12.3 Å². The Labute approximate surface area is 89.0 Å². The standard InChI is InChI=1S/C10H17N3O2/c1-7(2)9(5-11)10(14)12-6-8-3-4-13-15-8/h3-4,7,9H,5-6,11H2,1-2H3,(H,12,14). The highest BCUT2D eigenvalue weighted by molar-refractivity contribution is 5.79. The molecule has 5 nitrogen and oxygen atoms in total. The van der Waals surface area contributed by atoms with Crippen LogP contribution in [0.5, 0.6) is 0 Å². The van der Waals surface area contributed by atoms with Gasteiger partial charge in [-0.1, -0.05) is 19.0 Å². The highest BCUT2D eigenvalue weighted by Gasteiger charge is 2.20. The van der Waals surface area contributed by atoms with Gasteiger partial charge >= 0.3 is 0 Å². The van der Waals surface area contributed by atoms with E-state index in [1.165, 1.54) is 0 Å². The molecule has 1 aromatic heterocycles. The summed E-state index contributed by atoms with van der Waals surface area (Å²) < 4.78 is 4.86. The number of carbonyl (C=O) groups is 1. The molecule has 0 bridgehead atoms. The molecule has 84 valence electrons. The van der Waals surface area contributed by atoms with E-state index in [4.69, 9.17) is 10.3 Å². The number of rotatable bonds is 5. The van der Waals surface area contributed by atoms with Gasteiger partial charge in [-0.2, -0.15) is 0 Å². The molecule has 0 fully saturated rings. The van der Waals surface area contributed by atoms with Crippen LogP contribution in [-0.2, 0) is 11.3 Å². The van der Waals surface area contributed by atoms with Crippen molar-refractivity contribution in [2.24, 2.45) is 17.6 Å². The summed E-state index contributed by atoms with van der Waals surface area (Å²) in [6.07, 6.45) is 1.55. The molecule has 0 aliphatic carbocycles. The molecule has 1 aromatic rings. The van der Waals surface area contributed by atoms with Crippen molar-refractivity contribution in [2.75, 3.05) is 6.54 Å². The van der Waals surface area contributed by atoms with Crippen LogP contribution in [-0.4, -0.2) is 17.6 Å². The van der Waals surface area contributed by atoms with Crippen molar-refractivity contribution in [1.29, 1.82) is 0 Å². The van der Waals surface area contributed by atoms with Crippen LogP contribution in [0.3, 0.4) is 0 Å². The number of nitrogens with one attached hydrogen (secondary N) is 1. The predicted molar refractivity (Wildman–Crippen MR) is 55.7 cm³/mol. The van der Waals surface area contributed by atoms with E-state index in [-0.39, 0.29) is 17.7 Å². The van der Waals surface area contributed by atoms with Crippen LogP contribution < -0.4 is 11.1 Å². The normalized spacial score (nSPS) is 12.8. The van der Waals surface area contributed by atoms with E-state index in [0.29, 0.717) is 18.8 Å². The lowest BCUT2D eigenvalue weighted by atomic mass is 9.95. The third-order valence-corrected chi connectivity index (χ3v) is 2.32. The molecule has 1 rings (SSSR count). The van der Waals surface area contributed by atoms with Crippen molar-refractivity contribution in [1.82, 2.24) is 10.5 Å². The topological polar surface area (TPSA) is 81.2 Å². The maximum Gasteiger partial charge on any atom is 0.225 e. The average molecular weight is 211 g/mol. The smallest absolute Gasteiger partial charge is 0.225 e. The molecule has 1 heterocycles. The first-order chi connectivity index (χ1) is 7.15. The van der Waals surface area contributed by atoms with Gasteiger partial charge in [0.1, 0.15) is 0 Å². The monoisotopic (exact) mass is 211 g/mol. The summed E-state index contributed by atoms with van der Waals surface area (Å²) in [5, 5.41) is 6.31. The lowest BCUT2D eigenvalue weighted by molar-refractivity contribution is -0.126. The second kappa shape index (κ2) is 5.50. The minimum Gasteiger partial charge on any atom is -0.360 e. The van der Waals surface area contributed by atoms with Crippen molar-refractivity contribution < 1.29 is 9.32 Å². The summed E-state index contributed by atoms with van der Waals surface area (Å²) in [4.78, 5) is 11.7. The first-order valence-corrected chi connectivity index (χ1v) is 5.02. The van der Waals surface area contributed by atoms with Crippen LogP contribution >= 0.6 is 0 Å². The first-order valence-electron chi connectivity index (χ1n) is 5.02. The highest BCUT2D eigenvalue weighted by Crippen LogP contribution is 2.09. The fourth-order valence-corrected chi connectivity index (χ4v) is 1.32. The van der Waals surface area contributed by atoms with Gasteiger partial charge in [0.25, 0.3) is 0 Å². The van der Waals surface area contributed by atoms with Crippen LogP contribution in [0.15, 0.2) is 16.8 Å². The Hall–Kier alpha value is -1.36. The zero-order valence-electron chi connectivity index (χ0n) is 9.06. The summed E-state index contributed by atoms with van der Waals surface area (Å²) in [5.74, 6) is 0.699. The minimum atomic E-state index is -0.145. The van der Waals surface area contributed by atoms with Gasteiger partial charge in [0.15, 0.2) is 5.76 Å². The SMILES string of the molecule is CC(C)C(CN)C(=O)NCc1ccno1. The van der Waals surface area contributed by atoms with Gasteiger partial charge in [-0.25, -0.2) is 0 Å². The van der Waals surface area contributed by atoms with Crippen LogP contribution in [0, 0.1) is 11.8 Å². The lowest BCUT2D eigenvalue weighted by Gasteiger charge is -2.17. The van der Waals surface area contributed by atoms with Crippen LogP contribution in [0.4, 0.5) is 0 Å². The van der Waals surface area contributed by atoms with Gasteiger partial charge in [0.05, 0.1) is 18.7 Å². The number of carbonyl (C=O) groups excluding carboxylic acids is 1. The summed E-state index contributed by atoms with van der Waals surface area (Å²) >= 11 is 0. The average Bonchev–Trinajstić information content (AvgIpc) is 2.67. The Morgan fingerprint density at radius 3 is 2.87 bits per heavy atom. The van der Waals surface area contributed by atoms with E-state index in [1.807, 2.05) is 13.8 Å². The second-order valence-corrected chi connectivity index (χ2v) is 3.78. The third kappa shape index (κ3) is 3.36. The van der Waals surface area contributed by atoms with Crippen LogP contribution in [0.2, 0.25) is 0 Å². The maximum absolute atomic E-state index is 11.7. The molecule has 3 N–H and O–H groups in total. The molecule has 0 radical (unpaired) electrons. The number of aromatic nitrogens is 1. The fraction of sp³-hybridized carbons (Fsp3) is 0.600. The molecule has 15 heavy (non-hydrogen) atoms. The molecule has 1 unspecified atom stereocenters. The van der Waals surface area contributed by atoms with Crippen molar-refractivity contribution >= 4 is 5.91 Å². The van der Waals surface area contributed by atoms with Crippen molar-refractivity contribution in [2.45, 2.75) is 20.4 Å². The number of nitrogens with two attached hydrogens (primary N) is 1. The molecule has 0 spiro atoms. The quantitative estimate of drug-likeness (QED) is 0.744. The molecule has 0 saturated carbocycles. The van der Waals surface area contributed by atoms with Crippen molar-refractivity contribution in [3.8, 4) is 0 Å². The Bertz CT molecular complexity index is 296. The first kappa shape index (κ1) is 11.7. The fourth-order valence-electron chi connectivity index (χ4n) is 1.32. The number of nitrogens with zero attached hydrogens (tertiary/aromatic N) is 1. The zero-order chi connectivity index (χ0) is 11.3. The Kier molecular flexibility index (Phi) is 4.30. The molecule has 1 amide bonds. The Morgan fingerprint density at radius 1 is 1.67 bits per heavy atom. The molecule has 0 saturated heterocycles. The molecular weight excluding hydrogens is 194 g/mol. The number of amides is 1. The molecule has 1 atom stereocenters. The Balaban J connectivity index is 2.41.